The van der Waals surface area contributed by atoms with Crippen molar-refractivity contribution in [1.82, 2.24) is 0 Å². The lowest BCUT2D eigenvalue weighted by Crippen LogP contribution is -2.32. The zero-order valence-electron chi connectivity index (χ0n) is 19.0. The number of benzene rings is 3. The van der Waals surface area contributed by atoms with Crippen molar-refractivity contribution < 1.29 is 14.3 Å². The van der Waals surface area contributed by atoms with Gasteiger partial charge in [0.25, 0.3) is 11.8 Å². The summed E-state index contributed by atoms with van der Waals surface area (Å²) in [6.45, 7) is 4.62. The number of imide groups is 1. The fourth-order valence-electron chi connectivity index (χ4n) is 3.92. The number of unbranched alkanes of at least 4 members (excludes halogenated alkanes) is 1. The summed E-state index contributed by atoms with van der Waals surface area (Å²) in [5.41, 5.74) is 3.76. The Morgan fingerprint density at radius 2 is 1.61 bits per heavy atom. The third kappa shape index (κ3) is 4.82. The Hall–Kier alpha value is -3.86. The molecule has 168 valence electrons. The molecular formula is C28H28N2O3. The molecule has 3 aromatic carbocycles. The second-order valence-electron chi connectivity index (χ2n) is 7.92. The highest BCUT2D eigenvalue weighted by Crippen LogP contribution is 2.34. The summed E-state index contributed by atoms with van der Waals surface area (Å²) < 4.78 is 5.58. The maximum absolute atomic E-state index is 13.5. The average molecular weight is 441 g/mol. The minimum atomic E-state index is -0.373. The minimum Gasteiger partial charge on any atom is -0.494 e. The van der Waals surface area contributed by atoms with Crippen LogP contribution in [0.2, 0.25) is 0 Å². The van der Waals surface area contributed by atoms with Crippen LogP contribution in [-0.4, -0.2) is 18.4 Å². The molecular weight excluding hydrogens is 412 g/mol. The maximum Gasteiger partial charge on any atom is 0.282 e. The van der Waals surface area contributed by atoms with Gasteiger partial charge >= 0.3 is 0 Å². The molecule has 0 radical (unpaired) electrons. The number of hydrogen-bond donors (Lipinski definition) is 1. The van der Waals surface area contributed by atoms with Crippen LogP contribution >= 0.6 is 0 Å². The van der Waals surface area contributed by atoms with Crippen molar-refractivity contribution in [2.45, 2.75) is 33.1 Å². The van der Waals surface area contributed by atoms with Gasteiger partial charge in [0.05, 0.1) is 17.9 Å². The van der Waals surface area contributed by atoms with E-state index in [1.165, 1.54) is 10.5 Å². The van der Waals surface area contributed by atoms with E-state index >= 15 is 0 Å². The SMILES string of the molecule is CCCCc1ccc(N2C(=O)C(Nc3cccc(OCC)c3)=C(c3ccccc3)C2=O)cc1. The molecule has 3 aromatic rings. The zero-order chi connectivity index (χ0) is 23.2. The van der Waals surface area contributed by atoms with Crippen molar-refractivity contribution in [2.75, 3.05) is 16.8 Å². The molecule has 1 heterocycles. The first-order chi connectivity index (χ1) is 16.1. The maximum atomic E-state index is 13.5. The van der Waals surface area contributed by atoms with Crippen molar-refractivity contribution in [3.05, 3.63) is 95.7 Å². The van der Waals surface area contributed by atoms with Crippen LogP contribution in [0.1, 0.15) is 37.8 Å². The second kappa shape index (κ2) is 10.2. The van der Waals surface area contributed by atoms with Crippen molar-refractivity contribution in [3.8, 4) is 5.75 Å². The first-order valence-electron chi connectivity index (χ1n) is 11.4. The van der Waals surface area contributed by atoms with E-state index in [2.05, 4.69) is 12.2 Å². The average Bonchev–Trinajstić information content (AvgIpc) is 3.08. The van der Waals surface area contributed by atoms with E-state index in [1.54, 1.807) is 0 Å². The van der Waals surface area contributed by atoms with Crippen LogP contribution in [-0.2, 0) is 16.0 Å². The topological polar surface area (TPSA) is 58.6 Å². The summed E-state index contributed by atoms with van der Waals surface area (Å²) >= 11 is 0. The van der Waals surface area contributed by atoms with Gasteiger partial charge < -0.3 is 10.1 Å². The number of anilines is 2. The van der Waals surface area contributed by atoms with Crippen LogP contribution < -0.4 is 15.0 Å². The molecule has 2 amide bonds. The molecule has 0 saturated carbocycles. The van der Waals surface area contributed by atoms with Crippen LogP contribution in [0.15, 0.2) is 84.6 Å². The fraction of sp³-hybridized carbons (Fsp3) is 0.214. The molecule has 0 fully saturated rings. The van der Waals surface area contributed by atoms with Crippen LogP contribution in [0, 0.1) is 0 Å². The molecule has 33 heavy (non-hydrogen) atoms. The molecule has 0 bridgehead atoms. The minimum absolute atomic E-state index is 0.259. The summed E-state index contributed by atoms with van der Waals surface area (Å²) in [5.74, 6) is -0.0152. The van der Waals surface area contributed by atoms with Crippen molar-refractivity contribution >= 4 is 28.8 Å². The van der Waals surface area contributed by atoms with Gasteiger partial charge in [0.1, 0.15) is 11.4 Å². The van der Waals surface area contributed by atoms with Gasteiger partial charge in [0.2, 0.25) is 0 Å². The van der Waals surface area contributed by atoms with Crippen molar-refractivity contribution in [2.24, 2.45) is 0 Å². The molecule has 1 aliphatic heterocycles. The van der Waals surface area contributed by atoms with Crippen LogP contribution in [0.5, 0.6) is 5.75 Å². The number of nitrogens with zero attached hydrogens (tertiary/aromatic N) is 1. The molecule has 4 rings (SSSR count). The number of rotatable bonds is 9. The van der Waals surface area contributed by atoms with E-state index in [-0.39, 0.29) is 17.5 Å². The molecule has 0 aliphatic carbocycles. The molecule has 0 spiro atoms. The van der Waals surface area contributed by atoms with Gasteiger partial charge in [-0.25, -0.2) is 4.90 Å². The molecule has 0 unspecified atom stereocenters. The Kier molecular flexibility index (Phi) is 6.89. The lowest BCUT2D eigenvalue weighted by Gasteiger charge is -2.16. The summed E-state index contributed by atoms with van der Waals surface area (Å²) in [6, 6.07) is 24.3. The third-order valence-corrected chi connectivity index (χ3v) is 5.57. The monoisotopic (exact) mass is 440 g/mol. The number of carbonyl (C=O) groups excluding carboxylic acids is 2. The Morgan fingerprint density at radius 3 is 2.30 bits per heavy atom. The Bertz CT molecular complexity index is 1170. The largest absolute Gasteiger partial charge is 0.494 e. The molecule has 0 saturated heterocycles. The lowest BCUT2D eigenvalue weighted by atomic mass is 10.0. The van der Waals surface area contributed by atoms with Gasteiger partial charge in [-0.2, -0.15) is 0 Å². The van der Waals surface area contributed by atoms with E-state index < -0.39 is 0 Å². The quantitative estimate of drug-likeness (QED) is 0.426. The normalized spacial score (nSPS) is 13.6. The second-order valence-corrected chi connectivity index (χ2v) is 7.92. The lowest BCUT2D eigenvalue weighted by molar-refractivity contribution is -0.120. The number of hydrogen-bond acceptors (Lipinski definition) is 4. The van der Waals surface area contributed by atoms with Gasteiger partial charge in [0, 0.05) is 11.8 Å². The highest BCUT2D eigenvalue weighted by atomic mass is 16.5. The van der Waals surface area contributed by atoms with Crippen LogP contribution in [0.4, 0.5) is 11.4 Å². The molecule has 1 N–H and O–H groups in total. The molecule has 5 heteroatoms. The van der Waals surface area contributed by atoms with E-state index in [4.69, 9.17) is 4.74 Å². The molecule has 5 nitrogen and oxygen atoms in total. The first kappa shape index (κ1) is 22.3. The predicted octanol–water partition coefficient (Wildman–Crippen LogP) is 5.82. The zero-order valence-corrected chi connectivity index (χ0v) is 19.0. The number of carbonyl (C=O) groups is 2. The first-order valence-corrected chi connectivity index (χ1v) is 11.4. The summed E-state index contributed by atoms with van der Waals surface area (Å²) in [6.07, 6.45) is 3.21. The standard InChI is InChI=1S/C28H28N2O3/c1-3-5-10-20-15-17-23(18-16-20)30-27(31)25(21-11-7-6-8-12-21)26(28(30)32)29-22-13-9-14-24(19-22)33-4-2/h6-9,11-19,29H,3-5,10H2,1-2H3. The van der Waals surface area contributed by atoms with Gasteiger partial charge in [-0.05, 0) is 55.2 Å². The fourth-order valence-corrected chi connectivity index (χ4v) is 3.92. The van der Waals surface area contributed by atoms with Crippen LogP contribution in [0.3, 0.4) is 0 Å². The number of amides is 2. The van der Waals surface area contributed by atoms with Crippen molar-refractivity contribution in [3.63, 3.8) is 0 Å². The Labute approximate surface area is 194 Å². The predicted molar refractivity (Wildman–Crippen MR) is 132 cm³/mol. The van der Waals surface area contributed by atoms with E-state index in [9.17, 15) is 9.59 Å². The Morgan fingerprint density at radius 1 is 0.848 bits per heavy atom. The van der Waals surface area contributed by atoms with E-state index in [0.717, 1.165) is 19.3 Å². The smallest absolute Gasteiger partial charge is 0.282 e. The van der Waals surface area contributed by atoms with Gasteiger partial charge in [0.15, 0.2) is 0 Å². The summed E-state index contributed by atoms with van der Waals surface area (Å²) in [5, 5.41) is 3.20. The summed E-state index contributed by atoms with van der Waals surface area (Å²) in [4.78, 5) is 28.3. The Balaban J connectivity index is 1.70. The molecule has 0 aromatic heterocycles. The molecule has 0 atom stereocenters. The highest BCUT2D eigenvalue weighted by molar-refractivity contribution is 6.46. The van der Waals surface area contributed by atoms with Crippen molar-refractivity contribution in [1.29, 1.82) is 0 Å². The van der Waals surface area contributed by atoms with Crippen LogP contribution in [0.25, 0.3) is 5.57 Å². The van der Waals surface area contributed by atoms with Gasteiger partial charge in [-0.3, -0.25) is 9.59 Å². The summed E-state index contributed by atoms with van der Waals surface area (Å²) in [7, 11) is 0. The number of ether oxygens (including phenoxy) is 1. The van der Waals surface area contributed by atoms with Gasteiger partial charge in [-0.1, -0.05) is 61.9 Å². The molecule has 1 aliphatic rings. The highest BCUT2D eigenvalue weighted by Gasteiger charge is 2.40. The third-order valence-electron chi connectivity index (χ3n) is 5.57. The number of aryl methyl sites for hydroxylation is 1. The number of nitrogens with one attached hydrogen (secondary N) is 1. The van der Waals surface area contributed by atoms with E-state index in [1.807, 2.05) is 85.8 Å². The van der Waals surface area contributed by atoms with E-state index in [0.29, 0.717) is 34.9 Å². The van der Waals surface area contributed by atoms with Gasteiger partial charge in [-0.15, -0.1) is 0 Å².